The first-order valence-corrected chi connectivity index (χ1v) is 10.7. The number of aryl methyl sites for hydroxylation is 1. The number of rotatable bonds is 2. The molecular formula is C21H26N4OS. The van der Waals surface area contributed by atoms with Gasteiger partial charge in [-0.25, -0.2) is 4.98 Å². The smallest absolute Gasteiger partial charge is 0.266 e. The summed E-state index contributed by atoms with van der Waals surface area (Å²) in [6, 6.07) is 9.74. The van der Waals surface area contributed by atoms with Crippen LogP contribution in [0.2, 0.25) is 0 Å². The molecule has 1 aromatic carbocycles. The van der Waals surface area contributed by atoms with Crippen molar-refractivity contribution in [1.82, 2.24) is 14.8 Å². The zero-order chi connectivity index (χ0) is 18.5. The van der Waals surface area contributed by atoms with Crippen molar-refractivity contribution in [3.05, 3.63) is 46.0 Å². The van der Waals surface area contributed by atoms with E-state index in [1.165, 1.54) is 28.9 Å². The molecule has 2 aromatic rings. The predicted octanol–water partition coefficient (Wildman–Crippen LogP) is 2.74. The zero-order valence-corrected chi connectivity index (χ0v) is 16.5. The Morgan fingerprint density at radius 2 is 1.85 bits per heavy atom. The molecule has 2 N–H and O–H groups in total. The van der Waals surface area contributed by atoms with E-state index in [1.807, 2.05) is 6.92 Å². The molecule has 0 unspecified atom stereocenters. The molecule has 1 aliphatic carbocycles. The number of anilines is 1. The Bertz CT molecular complexity index is 854. The van der Waals surface area contributed by atoms with Gasteiger partial charge in [-0.3, -0.25) is 9.69 Å². The minimum absolute atomic E-state index is 0.132. The van der Waals surface area contributed by atoms with Crippen LogP contribution in [0.4, 0.5) is 5.13 Å². The van der Waals surface area contributed by atoms with Crippen molar-refractivity contribution in [2.45, 2.75) is 44.7 Å². The van der Waals surface area contributed by atoms with E-state index in [4.69, 9.17) is 5.73 Å². The number of nitrogen functional groups attached to an aromatic ring is 1. The molecule has 142 valence electrons. The third kappa shape index (κ3) is 3.05. The van der Waals surface area contributed by atoms with Gasteiger partial charge in [0, 0.05) is 31.7 Å². The van der Waals surface area contributed by atoms with E-state index in [0.29, 0.717) is 23.1 Å². The summed E-state index contributed by atoms with van der Waals surface area (Å²) in [6.07, 6.45) is 4.64. The number of nitrogens with two attached hydrogens (primary N) is 1. The molecule has 6 heteroatoms. The quantitative estimate of drug-likeness (QED) is 0.868. The third-order valence-corrected chi connectivity index (χ3v) is 7.53. The van der Waals surface area contributed by atoms with Crippen LogP contribution in [0, 0.1) is 12.8 Å². The van der Waals surface area contributed by atoms with Crippen LogP contribution in [-0.2, 0) is 12.8 Å². The average Bonchev–Trinajstić information content (AvgIpc) is 3.11. The van der Waals surface area contributed by atoms with E-state index >= 15 is 0 Å². The first-order valence-electron chi connectivity index (χ1n) is 9.93. The lowest BCUT2D eigenvalue weighted by Gasteiger charge is -2.36. The monoisotopic (exact) mass is 382 g/mol. The van der Waals surface area contributed by atoms with Gasteiger partial charge in [0.25, 0.3) is 5.91 Å². The molecule has 3 fully saturated rings. The fourth-order valence-corrected chi connectivity index (χ4v) is 5.99. The second-order valence-corrected chi connectivity index (χ2v) is 9.34. The van der Waals surface area contributed by atoms with Gasteiger partial charge in [0.1, 0.15) is 4.88 Å². The highest BCUT2D eigenvalue weighted by Gasteiger charge is 2.41. The molecule has 0 saturated carbocycles. The lowest BCUT2D eigenvalue weighted by atomic mass is 9.95. The number of carbonyl (C=O) groups excluding carboxylic acids is 1. The van der Waals surface area contributed by atoms with Crippen molar-refractivity contribution in [3.8, 4) is 0 Å². The molecule has 4 heterocycles. The van der Waals surface area contributed by atoms with Crippen LogP contribution in [0.3, 0.4) is 0 Å². The van der Waals surface area contributed by atoms with E-state index in [2.05, 4.69) is 39.0 Å². The molecule has 5 nitrogen and oxygen atoms in total. The van der Waals surface area contributed by atoms with E-state index in [0.717, 1.165) is 49.5 Å². The Labute approximate surface area is 164 Å². The normalized spacial score (nSPS) is 25.6. The number of aromatic nitrogens is 1. The van der Waals surface area contributed by atoms with Gasteiger partial charge in [0.15, 0.2) is 5.13 Å². The van der Waals surface area contributed by atoms with Crippen molar-refractivity contribution >= 4 is 22.4 Å². The molecule has 0 spiro atoms. The maximum Gasteiger partial charge on any atom is 0.266 e. The summed E-state index contributed by atoms with van der Waals surface area (Å²) >= 11 is 1.33. The summed E-state index contributed by atoms with van der Waals surface area (Å²) in [5.41, 5.74) is 9.60. The Hall–Kier alpha value is -1.92. The summed E-state index contributed by atoms with van der Waals surface area (Å²) in [5, 5.41) is 0.487. The van der Waals surface area contributed by atoms with Crippen molar-refractivity contribution in [1.29, 1.82) is 0 Å². The SMILES string of the molecule is Cc1nc(N)sc1C(=O)N1C[C@H]2CC[C@@H]1CN(C1Cc3ccccc3C1)C2. The van der Waals surface area contributed by atoms with Gasteiger partial charge in [-0.2, -0.15) is 0 Å². The van der Waals surface area contributed by atoms with Crippen LogP contribution < -0.4 is 5.73 Å². The number of hydrogen-bond donors (Lipinski definition) is 1. The standard InChI is InChI=1S/C21H26N4OS/c1-13-19(27-21(22)23-13)20(26)25-11-14-6-7-17(25)12-24(10-14)18-8-15-4-2-3-5-16(15)9-18/h2-5,14,17-18H,6-12H2,1H3,(H2,22,23)/t14-,17+/m0/s1. The topological polar surface area (TPSA) is 62.5 Å². The third-order valence-electron chi connectivity index (χ3n) is 6.56. The second-order valence-electron chi connectivity index (χ2n) is 8.31. The summed E-state index contributed by atoms with van der Waals surface area (Å²) in [5.74, 6) is 0.704. The lowest BCUT2D eigenvalue weighted by Crippen LogP contribution is -2.48. The second kappa shape index (κ2) is 6.60. The van der Waals surface area contributed by atoms with Gasteiger partial charge in [-0.1, -0.05) is 35.6 Å². The predicted molar refractivity (Wildman–Crippen MR) is 108 cm³/mol. The number of carbonyl (C=O) groups is 1. The Kier molecular flexibility index (Phi) is 4.20. The Morgan fingerprint density at radius 3 is 2.52 bits per heavy atom. The summed E-state index contributed by atoms with van der Waals surface area (Å²) in [4.78, 5) is 23.0. The van der Waals surface area contributed by atoms with Crippen LogP contribution in [0.1, 0.15) is 39.3 Å². The molecule has 4 aliphatic rings. The molecule has 3 aliphatic heterocycles. The van der Waals surface area contributed by atoms with E-state index in [-0.39, 0.29) is 5.91 Å². The van der Waals surface area contributed by atoms with Gasteiger partial charge in [0.05, 0.1) is 5.69 Å². The van der Waals surface area contributed by atoms with Crippen molar-refractivity contribution in [2.24, 2.45) is 5.92 Å². The molecule has 2 bridgehead atoms. The average molecular weight is 383 g/mol. The number of fused-ring (bicyclic) bond motifs is 5. The fraction of sp³-hybridized carbons (Fsp3) is 0.524. The molecule has 1 aromatic heterocycles. The summed E-state index contributed by atoms with van der Waals surface area (Å²) in [7, 11) is 0. The number of piperidine rings is 1. The Balaban J connectivity index is 1.35. The highest BCUT2D eigenvalue weighted by atomic mass is 32.1. The zero-order valence-electron chi connectivity index (χ0n) is 15.7. The minimum atomic E-state index is 0.132. The molecule has 1 amide bonds. The number of amides is 1. The minimum Gasteiger partial charge on any atom is -0.375 e. The number of benzene rings is 1. The molecule has 6 rings (SSSR count). The summed E-state index contributed by atoms with van der Waals surface area (Å²) in [6.45, 7) is 4.87. The maximum atomic E-state index is 13.2. The highest BCUT2D eigenvalue weighted by molar-refractivity contribution is 7.17. The van der Waals surface area contributed by atoms with E-state index < -0.39 is 0 Å². The van der Waals surface area contributed by atoms with Gasteiger partial charge in [-0.15, -0.1) is 0 Å². The van der Waals surface area contributed by atoms with Crippen LogP contribution in [0.5, 0.6) is 0 Å². The van der Waals surface area contributed by atoms with Crippen LogP contribution in [0.15, 0.2) is 24.3 Å². The molecule has 0 radical (unpaired) electrons. The number of hydrogen-bond acceptors (Lipinski definition) is 5. The first kappa shape index (κ1) is 17.2. The highest BCUT2D eigenvalue weighted by Crippen LogP contribution is 2.34. The van der Waals surface area contributed by atoms with Crippen LogP contribution >= 0.6 is 11.3 Å². The molecule has 2 atom stereocenters. The van der Waals surface area contributed by atoms with Gasteiger partial charge in [-0.05, 0) is 49.7 Å². The molecular weight excluding hydrogens is 356 g/mol. The fourth-order valence-electron chi connectivity index (χ4n) is 5.21. The van der Waals surface area contributed by atoms with E-state index in [9.17, 15) is 4.79 Å². The number of thiazole rings is 1. The molecule has 27 heavy (non-hydrogen) atoms. The van der Waals surface area contributed by atoms with E-state index in [1.54, 1.807) is 0 Å². The largest absolute Gasteiger partial charge is 0.375 e. The Morgan fingerprint density at radius 1 is 1.11 bits per heavy atom. The first-order chi connectivity index (χ1) is 13.1. The van der Waals surface area contributed by atoms with Crippen LogP contribution in [-0.4, -0.2) is 52.4 Å². The van der Waals surface area contributed by atoms with Crippen molar-refractivity contribution in [2.75, 3.05) is 25.4 Å². The van der Waals surface area contributed by atoms with Gasteiger partial charge < -0.3 is 10.6 Å². The molecule has 3 saturated heterocycles. The van der Waals surface area contributed by atoms with Crippen molar-refractivity contribution in [3.63, 3.8) is 0 Å². The summed E-state index contributed by atoms with van der Waals surface area (Å²) < 4.78 is 0. The van der Waals surface area contributed by atoms with Gasteiger partial charge in [0.2, 0.25) is 0 Å². The van der Waals surface area contributed by atoms with Crippen LogP contribution in [0.25, 0.3) is 0 Å². The maximum absolute atomic E-state index is 13.2. The van der Waals surface area contributed by atoms with Gasteiger partial charge >= 0.3 is 0 Å². The number of nitrogens with zero attached hydrogens (tertiary/aromatic N) is 3. The lowest BCUT2D eigenvalue weighted by molar-refractivity contribution is 0.0585. The van der Waals surface area contributed by atoms with Crippen molar-refractivity contribution < 1.29 is 4.79 Å².